The lowest BCUT2D eigenvalue weighted by Gasteiger charge is -2.13. The molecule has 0 spiro atoms. The molecule has 102 valence electrons. The van der Waals surface area contributed by atoms with Crippen molar-refractivity contribution in [2.45, 2.75) is 32.0 Å². The van der Waals surface area contributed by atoms with Gasteiger partial charge in [-0.25, -0.2) is 9.18 Å². The molecule has 1 fully saturated rings. The van der Waals surface area contributed by atoms with Gasteiger partial charge in [-0.2, -0.15) is 0 Å². The maximum Gasteiger partial charge on any atom is 0.332 e. The molecule has 6 heteroatoms. The van der Waals surface area contributed by atoms with E-state index in [0.717, 1.165) is 0 Å². The van der Waals surface area contributed by atoms with Crippen LogP contribution in [0, 0.1) is 12.7 Å². The van der Waals surface area contributed by atoms with Gasteiger partial charge in [0.15, 0.2) is 6.10 Å². The summed E-state index contributed by atoms with van der Waals surface area (Å²) in [5, 5.41) is 11.4. The first-order valence-corrected chi connectivity index (χ1v) is 5.92. The van der Waals surface area contributed by atoms with Crippen LogP contribution in [0.5, 0.6) is 0 Å². The van der Waals surface area contributed by atoms with Crippen LogP contribution < -0.4 is 5.32 Å². The number of carbonyl (C=O) groups excluding carboxylic acids is 1. The van der Waals surface area contributed by atoms with Gasteiger partial charge in [0.25, 0.3) is 5.91 Å². The van der Waals surface area contributed by atoms with Crippen molar-refractivity contribution in [3.63, 3.8) is 0 Å². The Bertz CT molecular complexity index is 517. The van der Waals surface area contributed by atoms with Crippen molar-refractivity contribution in [3.8, 4) is 0 Å². The van der Waals surface area contributed by atoms with E-state index in [9.17, 15) is 14.0 Å². The Labute approximate surface area is 109 Å². The summed E-state index contributed by atoms with van der Waals surface area (Å²) in [6, 6.07) is 4.02. The molecule has 0 saturated carbocycles. The highest BCUT2D eigenvalue weighted by molar-refractivity contribution is 5.95. The fourth-order valence-electron chi connectivity index (χ4n) is 1.99. The molecule has 2 atom stereocenters. The minimum atomic E-state index is -1.06. The Kier molecular flexibility index (Phi) is 3.80. The minimum absolute atomic E-state index is 0.315. The lowest BCUT2D eigenvalue weighted by atomic mass is 10.1. The molecule has 1 heterocycles. The number of carboxylic acids is 1. The molecule has 0 radical (unpaired) electrons. The average Bonchev–Trinajstić information content (AvgIpc) is 2.82. The van der Waals surface area contributed by atoms with E-state index >= 15 is 0 Å². The molecule has 5 nitrogen and oxygen atoms in total. The summed E-state index contributed by atoms with van der Waals surface area (Å²) in [7, 11) is 0. The zero-order valence-electron chi connectivity index (χ0n) is 10.4. The summed E-state index contributed by atoms with van der Waals surface area (Å²) in [4.78, 5) is 22.6. The Morgan fingerprint density at radius 1 is 1.37 bits per heavy atom. The van der Waals surface area contributed by atoms with Gasteiger partial charge in [0.2, 0.25) is 0 Å². The van der Waals surface area contributed by atoms with Crippen LogP contribution in [0.2, 0.25) is 0 Å². The van der Waals surface area contributed by atoms with Crippen molar-refractivity contribution in [2.75, 3.05) is 5.32 Å². The van der Waals surface area contributed by atoms with Crippen LogP contribution in [0.25, 0.3) is 0 Å². The van der Waals surface area contributed by atoms with Gasteiger partial charge < -0.3 is 15.2 Å². The average molecular weight is 267 g/mol. The summed E-state index contributed by atoms with van der Waals surface area (Å²) >= 11 is 0. The van der Waals surface area contributed by atoms with E-state index in [4.69, 9.17) is 9.84 Å². The van der Waals surface area contributed by atoms with Gasteiger partial charge in [0.1, 0.15) is 11.9 Å². The number of hydrogen-bond acceptors (Lipinski definition) is 3. The zero-order valence-corrected chi connectivity index (χ0v) is 10.4. The monoisotopic (exact) mass is 267 g/mol. The first kappa shape index (κ1) is 13.5. The number of amides is 1. The molecule has 1 aromatic carbocycles. The molecule has 1 saturated heterocycles. The number of rotatable bonds is 3. The smallest absolute Gasteiger partial charge is 0.332 e. The van der Waals surface area contributed by atoms with E-state index in [0.29, 0.717) is 24.1 Å². The molecule has 1 aliphatic heterocycles. The second-order valence-corrected chi connectivity index (χ2v) is 4.48. The highest BCUT2D eigenvalue weighted by Gasteiger charge is 2.34. The Balaban J connectivity index is 2.00. The van der Waals surface area contributed by atoms with Crippen LogP contribution in [-0.4, -0.2) is 29.2 Å². The summed E-state index contributed by atoms with van der Waals surface area (Å²) in [6.45, 7) is 1.67. The fourth-order valence-corrected chi connectivity index (χ4v) is 1.99. The number of carbonyl (C=O) groups is 2. The lowest BCUT2D eigenvalue weighted by Crippen LogP contribution is -2.30. The first-order chi connectivity index (χ1) is 8.97. The number of aliphatic carboxylic acids is 1. The van der Waals surface area contributed by atoms with E-state index in [1.807, 2.05) is 0 Å². The summed E-state index contributed by atoms with van der Waals surface area (Å²) < 4.78 is 18.1. The summed E-state index contributed by atoms with van der Waals surface area (Å²) in [5.74, 6) is -1.84. The van der Waals surface area contributed by atoms with Crippen molar-refractivity contribution in [2.24, 2.45) is 0 Å². The fraction of sp³-hybridized carbons (Fsp3) is 0.385. The molecular weight excluding hydrogens is 253 g/mol. The number of halogens is 1. The van der Waals surface area contributed by atoms with Crippen LogP contribution in [0.3, 0.4) is 0 Å². The number of benzene rings is 1. The van der Waals surface area contributed by atoms with E-state index in [-0.39, 0.29) is 5.82 Å². The molecule has 1 aliphatic rings. The predicted octanol–water partition coefficient (Wildman–Crippen LogP) is 1.70. The highest BCUT2D eigenvalue weighted by Crippen LogP contribution is 2.22. The molecule has 1 aromatic rings. The van der Waals surface area contributed by atoms with Crippen LogP contribution in [0.15, 0.2) is 18.2 Å². The molecule has 0 aromatic heterocycles. The van der Waals surface area contributed by atoms with E-state index in [2.05, 4.69) is 5.32 Å². The molecule has 0 unspecified atom stereocenters. The second kappa shape index (κ2) is 5.36. The quantitative estimate of drug-likeness (QED) is 0.874. The summed E-state index contributed by atoms with van der Waals surface area (Å²) in [5.41, 5.74) is 1.09. The third-order valence-corrected chi connectivity index (χ3v) is 3.03. The lowest BCUT2D eigenvalue weighted by molar-refractivity contribution is -0.150. The number of anilines is 1. The van der Waals surface area contributed by atoms with Crippen LogP contribution in [0.1, 0.15) is 18.4 Å². The summed E-state index contributed by atoms with van der Waals surface area (Å²) in [6.07, 6.45) is -1.02. The minimum Gasteiger partial charge on any atom is -0.479 e. The normalized spacial score (nSPS) is 22.2. The number of aryl methyl sites for hydroxylation is 1. The molecule has 2 rings (SSSR count). The van der Waals surface area contributed by atoms with E-state index in [1.54, 1.807) is 6.92 Å². The third-order valence-electron chi connectivity index (χ3n) is 3.03. The van der Waals surface area contributed by atoms with E-state index in [1.165, 1.54) is 18.2 Å². The van der Waals surface area contributed by atoms with Crippen LogP contribution in [-0.2, 0) is 14.3 Å². The second-order valence-electron chi connectivity index (χ2n) is 4.48. The highest BCUT2D eigenvalue weighted by atomic mass is 19.1. The van der Waals surface area contributed by atoms with Gasteiger partial charge in [-0.1, -0.05) is 0 Å². The van der Waals surface area contributed by atoms with Gasteiger partial charge in [-0.15, -0.1) is 0 Å². The largest absolute Gasteiger partial charge is 0.479 e. The Hall–Kier alpha value is -1.95. The van der Waals surface area contributed by atoms with Crippen LogP contribution in [0.4, 0.5) is 10.1 Å². The van der Waals surface area contributed by atoms with Crippen molar-refractivity contribution in [1.82, 2.24) is 0 Å². The zero-order chi connectivity index (χ0) is 14.0. The molecule has 19 heavy (non-hydrogen) atoms. The van der Waals surface area contributed by atoms with Crippen molar-refractivity contribution in [1.29, 1.82) is 0 Å². The number of carboxylic acid groups (broad SMARTS) is 1. The van der Waals surface area contributed by atoms with Gasteiger partial charge >= 0.3 is 5.97 Å². The maximum atomic E-state index is 12.9. The van der Waals surface area contributed by atoms with Crippen molar-refractivity contribution < 1.29 is 23.8 Å². The Morgan fingerprint density at radius 2 is 2.05 bits per heavy atom. The Morgan fingerprint density at radius 3 is 2.63 bits per heavy atom. The van der Waals surface area contributed by atoms with Crippen molar-refractivity contribution >= 4 is 17.6 Å². The van der Waals surface area contributed by atoms with Gasteiger partial charge in [0.05, 0.1) is 0 Å². The van der Waals surface area contributed by atoms with Crippen LogP contribution >= 0.6 is 0 Å². The van der Waals surface area contributed by atoms with Gasteiger partial charge in [-0.05, 0) is 43.5 Å². The molecule has 1 amide bonds. The standard InChI is InChI=1S/C13H14FNO4/c1-7-6-8(14)2-3-9(7)15-12(16)10-4-5-11(19-10)13(17)18/h2-3,6,10-11H,4-5H2,1H3,(H,15,16)(H,17,18)/t10-,11+/m0/s1. The first-order valence-electron chi connectivity index (χ1n) is 5.92. The van der Waals surface area contributed by atoms with Gasteiger partial charge in [-0.3, -0.25) is 4.79 Å². The maximum absolute atomic E-state index is 12.9. The predicted molar refractivity (Wildman–Crippen MR) is 65.3 cm³/mol. The van der Waals surface area contributed by atoms with Crippen molar-refractivity contribution in [3.05, 3.63) is 29.6 Å². The molecule has 0 aliphatic carbocycles. The number of ether oxygens (including phenoxy) is 1. The third kappa shape index (κ3) is 3.08. The number of nitrogens with one attached hydrogen (secondary N) is 1. The molecule has 0 bridgehead atoms. The molecule has 2 N–H and O–H groups in total. The van der Waals surface area contributed by atoms with E-state index < -0.39 is 24.1 Å². The number of hydrogen-bond donors (Lipinski definition) is 2. The topological polar surface area (TPSA) is 75.6 Å². The SMILES string of the molecule is Cc1cc(F)ccc1NC(=O)[C@@H]1CC[C@H](C(=O)O)O1. The van der Waals surface area contributed by atoms with Gasteiger partial charge in [0, 0.05) is 5.69 Å². The molecular formula is C13H14FNO4.